The number of ketones is 1. The zero-order valence-corrected chi connectivity index (χ0v) is 39.3. The molecule has 1 radical (unpaired) electrons. The zero-order chi connectivity index (χ0) is 40.7. The van der Waals surface area contributed by atoms with Gasteiger partial charge in [0.05, 0.1) is 11.3 Å². The molecule has 0 saturated heterocycles. The van der Waals surface area contributed by atoms with E-state index < -0.39 is 0 Å². The van der Waals surface area contributed by atoms with Crippen LogP contribution in [0.2, 0.25) is 0 Å². The summed E-state index contributed by atoms with van der Waals surface area (Å²) in [5.74, 6) is 1.18. The van der Waals surface area contributed by atoms with Crippen molar-refractivity contribution < 1.29 is 34.6 Å². The molecule has 0 fully saturated rings. The molecule has 0 aliphatic carbocycles. The second-order valence-electron chi connectivity index (χ2n) is 17.0. The van der Waals surface area contributed by atoms with Crippen LogP contribution in [0.1, 0.15) is 118 Å². The number of allylic oxidation sites excluding steroid dienone is 2. The Balaban J connectivity index is 0.000000385. The summed E-state index contributed by atoms with van der Waals surface area (Å²) in [6.07, 6.45) is 11.0. The fourth-order valence-electron chi connectivity index (χ4n) is 8.41. The minimum atomic E-state index is 0. The Morgan fingerprint density at radius 1 is 0.807 bits per heavy atom. The molecular weight excluding hydrogens is 895 g/mol. The van der Waals surface area contributed by atoms with Gasteiger partial charge in [-0.05, 0) is 99.9 Å². The van der Waals surface area contributed by atoms with Gasteiger partial charge < -0.3 is 19.0 Å². The van der Waals surface area contributed by atoms with Crippen molar-refractivity contribution in [1.29, 1.82) is 0 Å². The number of pyridine rings is 1. The van der Waals surface area contributed by atoms with Crippen LogP contribution in [0.3, 0.4) is 0 Å². The van der Waals surface area contributed by atoms with E-state index in [-0.39, 0.29) is 48.9 Å². The maximum Gasteiger partial charge on any atom is 0.230 e. The minimum Gasteiger partial charge on any atom is -0.512 e. The number of aliphatic hydroxyl groups excluding tert-OH is 1. The van der Waals surface area contributed by atoms with E-state index in [2.05, 4.69) is 126 Å². The normalized spacial score (nSPS) is 12.3. The van der Waals surface area contributed by atoms with Crippen LogP contribution >= 0.6 is 11.3 Å². The molecule has 0 amide bonds. The molecule has 0 unspecified atom stereocenters. The molecule has 2 heterocycles. The summed E-state index contributed by atoms with van der Waals surface area (Å²) in [6.45, 7) is 29.1. The molecule has 0 spiro atoms. The number of carbonyl (C=O) groups is 1. The minimum absolute atomic E-state index is 0. The van der Waals surface area contributed by atoms with Crippen LogP contribution in [0.5, 0.6) is 0 Å². The van der Waals surface area contributed by atoms with Gasteiger partial charge in [-0.2, -0.15) is 11.0 Å². The van der Waals surface area contributed by atoms with Crippen molar-refractivity contribution in [3.63, 3.8) is 0 Å². The molecule has 0 saturated carbocycles. The second-order valence-corrected chi connectivity index (χ2v) is 18.0. The van der Waals surface area contributed by atoms with Gasteiger partial charge in [0.2, 0.25) is 5.69 Å². The first-order valence-electron chi connectivity index (χ1n) is 21.2. The van der Waals surface area contributed by atoms with Crippen molar-refractivity contribution in [2.24, 2.45) is 17.8 Å². The molecule has 6 aromatic rings. The second kappa shape index (κ2) is 20.5. The molecule has 0 aliphatic rings. The van der Waals surface area contributed by atoms with Crippen LogP contribution in [0.15, 0.2) is 84.8 Å². The standard InChI is InChI=1S/C39H42NS.C13H24O2.Ir/c1-8-13-28-29-16-10-11-17-30(29)35(39(5,6)7)23-34(28)37-38-31(18-20-40(37)19-9-2)33-22-27-15-12-14-26(21-25(3)4)32(27)24-36(33)41-38;1-5-10(6-2)12(14)9-13(15)11(7-3)8-4;/h10-12,14-18,20,22-25H,1-2,8-9,13,19,21H2,3-7H3;9-11,14H,5-8H2,1-4H3;/q-1;;/b;12-9-;. The number of hydrogen-bond acceptors (Lipinski definition) is 3. The number of nitrogens with zero attached hydrogens (tertiary/aromatic N) is 1. The number of aromatic nitrogens is 1. The Labute approximate surface area is 361 Å². The first-order chi connectivity index (χ1) is 26.8. The molecule has 57 heavy (non-hydrogen) atoms. The Morgan fingerprint density at radius 3 is 2.07 bits per heavy atom. The Bertz CT molecular complexity index is 2320. The molecule has 2 aromatic heterocycles. The predicted molar refractivity (Wildman–Crippen MR) is 245 cm³/mol. The third kappa shape index (κ3) is 10.3. The maximum atomic E-state index is 11.7. The quantitative estimate of drug-likeness (QED) is 0.0511. The monoisotopic (exact) mass is 961 g/mol. The molecule has 307 valence electrons. The van der Waals surface area contributed by atoms with Crippen molar-refractivity contribution in [2.45, 2.75) is 126 Å². The summed E-state index contributed by atoms with van der Waals surface area (Å²) in [5, 5.41) is 17.9. The largest absolute Gasteiger partial charge is 0.512 e. The summed E-state index contributed by atoms with van der Waals surface area (Å²) in [7, 11) is 0. The summed E-state index contributed by atoms with van der Waals surface area (Å²) in [6, 6.07) is 25.5. The van der Waals surface area contributed by atoms with Crippen LogP contribution in [-0.4, -0.2) is 10.9 Å². The van der Waals surface area contributed by atoms with E-state index in [9.17, 15) is 9.90 Å². The number of rotatable bonds is 14. The van der Waals surface area contributed by atoms with E-state index in [1.165, 1.54) is 75.7 Å². The van der Waals surface area contributed by atoms with E-state index in [0.717, 1.165) is 57.9 Å². The average molecular weight is 961 g/mol. The smallest absolute Gasteiger partial charge is 0.230 e. The molecular formula is C52H66IrNO2S-. The molecule has 4 aromatic carbocycles. The topological polar surface area (TPSA) is 41.2 Å². The van der Waals surface area contributed by atoms with E-state index in [0.29, 0.717) is 5.92 Å². The van der Waals surface area contributed by atoms with E-state index in [1.807, 2.05) is 39.0 Å². The van der Waals surface area contributed by atoms with Gasteiger partial charge in [0.25, 0.3) is 0 Å². The van der Waals surface area contributed by atoms with Crippen molar-refractivity contribution in [3.05, 3.63) is 115 Å². The van der Waals surface area contributed by atoms with Gasteiger partial charge in [-0.3, -0.25) is 4.79 Å². The molecule has 3 nitrogen and oxygen atoms in total. The summed E-state index contributed by atoms with van der Waals surface area (Å²) < 4.78 is 5.20. The number of carbonyl (C=O) groups excluding carboxylic acids is 1. The third-order valence-corrected chi connectivity index (χ3v) is 12.7. The summed E-state index contributed by atoms with van der Waals surface area (Å²) in [5.41, 5.74) is 6.97. The Kier molecular flexibility index (Phi) is 16.7. The maximum absolute atomic E-state index is 11.7. The SMILES string of the molecule is CCC(CC)C(=O)/C=C(\O)C(CC)CC.[CH2-]CCc1c(-c2c3sc4cc5c(CC(C)C)cccc5cc4c3cc[n+]2CC[CH2-])cc(C(C)(C)C)c2ccccc12.[Ir]. The van der Waals surface area contributed by atoms with Gasteiger partial charge in [0.15, 0.2) is 12.0 Å². The van der Waals surface area contributed by atoms with Gasteiger partial charge in [0.1, 0.15) is 11.2 Å². The molecule has 1 N–H and O–H groups in total. The van der Waals surface area contributed by atoms with Crippen LogP contribution in [0.25, 0.3) is 53.0 Å². The number of fused-ring (bicyclic) bond motifs is 5. The number of aryl methyl sites for hydroxylation is 2. The van der Waals surface area contributed by atoms with Crippen LogP contribution in [0, 0.1) is 31.6 Å². The molecule has 0 aliphatic heterocycles. The molecule has 0 atom stereocenters. The van der Waals surface area contributed by atoms with Crippen LogP contribution in [-0.2, 0) is 49.7 Å². The average Bonchev–Trinajstić information content (AvgIpc) is 3.52. The fraction of sp³-hybridized carbons (Fsp3) is 0.423. The molecule has 6 rings (SSSR count). The number of benzene rings is 4. The first kappa shape index (κ1) is 46.3. The van der Waals surface area contributed by atoms with Crippen molar-refractivity contribution in [2.75, 3.05) is 0 Å². The van der Waals surface area contributed by atoms with Crippen molar-refractivity contribution in [3.8, 4) is 11.3 Å². The van der Waals surface area contributed by atoms with Gasteiger partial charge in [-0.25, -0.2) is 0 Å². The van der Waals surface area contributed by atoms with Gasteiger partial charge in [0, 0.05) is 59.6 Å². The number of aliphatic hydroxyl groups is 1. The molecule has 5 heteroatoms. The third-order valence-electron chi connectivity index (χ3n) is 11.5. The van der Waals surface area contributed by atoms with Gasteiger partial charge in [-0.15, -0.1) is 17.8 Å². The van der Waals surface area contributed by atoms with Crippen molar-refractivity contribution >= 4 is 58.8 Å². The van der Waals surface area contributed by atoms with Crippen molar-refractivity contribution in [1.82, 2.24) is 0 Å². The van der Waals surface area contributed by atoms with E-state index >= 15 is 0 Å². The van der Waals surface area contributed by atoms with E-state index in [1.54, 1.807) is 0 Å². The fourth-order valence-corrected chi connectivity index (χ4v) is 9.69. The zero-order valence-electron chi connectivity index (χ0n) is 36.1. The number of thiophene rings is 1. The van der Waals surface area contributed by atoms with Gasteiger partial charge >= 0.3 is 0 Å². The van der Waals surface area contributed by atoms with Crippen LogP contribution in [0.4, 0.5) is 0 Å². The Hall–Kier alpha value is -3.37. The molecule has 0 bridgehead atoms. The predicted octanol–water partition coefficient (Wildman–Crippen LogP) is 14.7. The summed E-state index contributed by atoms with van der Waals surface area (Å²) in [4.78, 5) is 11.7. The van der Waals surface area contributed by atoms with Gasteiger partial charge in [-0.1, -0.05) is 111 Å². The Morgan fingerprint density at radius 2 is 1.47 bits per heavy atom. The first-order valence-corrected chi connectivity index (χ1v) is 22.0. The van der Waals surface area contributed by atoms with E-state index in [4.69, 9.17) is 0 Å². The number of hydrogen-bond donors (Lipinski definition) is 1. The summed E-state index contributed by atoms with van der Waals surface area (Å²) >= 11 is 1.95. The van der Waals surface area contributed by atoms with Crippen LogP contribution < -0.4 is 4.57 Å².